The Morgan fingerprint density at radius 3 is 2.34 bits per heavy atom. The first kappa shape index (κ1) is 31.1. The Morgan fingerprint density at radius 1 is 0.955 bits per heavy atom. The molecule has 0 bridgehead atoms. The van der Waals surface area contributed by atoms with Crippen molar-refractivity contribution in [2.24, 2.45) is 0 Å². The normalized spacial score (nSPS) is 13.9. The Bertz CT molecular complexity index is 1630. The van der Waals surface area contributed by atoms with Crippen molar-refractivity contribution in [3.05, 3.63) is 100 Å². The van der Waals surface area contributed by atoms with Crippen LogP contribution in [0, 0.1) is 0 Å². The fraction of sp³-hybridized carbons (Fsp3) is 0.306. The molecule has 0 radical (unpaired) electrons. The highest BCUT2D eigenvalue weighted by molar-refractivity contribution is 6.30. The Morgan fingerprint density at radius 2 is 1.66 bits per heavy atom. The molecule has 228 valence electrons. The molecule has 0 aliphatic heterocycles. The van der Waals surface area contributed by atoms with Crippen LogP contribution in [0.4, 0.5) is 0 Å². The maximum atomic E-state index is 12.3. The first-order valence-corrected chi connectivity index (χ1v) is 15.4. The molecule has 3 aromatic carbocycles. The second kappa shape index (κ2) is 14.4. The van der Waals surface area contributed by atoms with Gasteiger partial charge in [0.2, 0.25) is 0 Å². The molecular weight excluding hydrogens is 576 g/mol. The van der Waals surface area contributed by atoms with Crippen molar-refractivity contribution in [1.82, 2.24) is 9.78 Å². The molecule has 0 unspecified atom stereocenters. The van der Waals surface area contributed by atoms with Crippen molar-refractivity contribution >= 4 is 29.6 Å². The molecule has 1 aliphatic carbocycles. The fourth-order valence-electron chi connectivity index (χ4n) is 5.58. The number of halogens is 1. The summed E-state index contributed by atoms with van der Waals surface area (Å²) in [7, 11) is 1.37. The maximum Gasteiger partial charge on any atom is 0.337 e. The van der Waals surface area contributed by atoms with Crippen molar-refractivity contribution in [3.8, 4) is 28.1 Å². The van der Waals surface area contributed by atoms with Gasteiger partial charge < -0.3 is 14.2 Å². The average molecular weight is 613 g/mol. The van der Waals surface area contributed by atoms with Crippen LogP contribution in [-0.4, -0.2) is 35.4 Å². The highest BCUT2D eigenvalue weighted by Crippen LogP contribution is 2.34. The number of rotatable bonds is 10. The smallest absolute Gasteiger partial charge is 0.337 e. The predicted molar refractivity (Wildman–Crippen MR) is 173 cm³/mol. The van der Waals surface area contributed by atoms with Gasteiger partial charge in [-0.3, -0.25) is 4.68 Å². The van der Waals surface area contributed by atoms with Crippen LogP contribution in [0.5, 0.6) is 5.75 Å². The lowest BCUT2D eigenvalue weighted by Gasteiger charge is -2.24. The highest BCUT2D eigenvalue weighted by Gasteiger charge is 2.21. The molecule has 1 saturated carbocycles. The average Bonchev–Trinajstić information content (AvgIpc) is 3.48. The summed E-state index contributed by atoms with van der Waals surface area (Å²) in [5.74, 6) is -0.0418. The molecule has 1 aromatic heterocycles. The van der Waals surface area contributed by atoms with Crippen LogP contribution in [-0.2, 0) is 20.9 Å². The molecule has 1 heterocycles. The van der Waals surface area contributed by atoms with E-state index in [4.69, 9.17) is 30.9 Å². The van der Waals surface area contributed by atoms with Crippen LogP contribution in [0.3, 0.4) is 0 Å². The summed E-state index contributed by atoms with van der Waals surface area (Å²) >= 11 is 6.11. The second-order valence-corrected chi connectivity index (χ2v) is 11.4. The Kier molecular flexibility index (Phi) is 10.2. The minimum Gasteiger partial charge on any atom is -0.489 e. The molecule has 0 amide bonds. The first-order valence-electron chi connectivity index (χ1n) is 15.0. The number of benzene rings is 3. The quantitative estimate of drug-likeness (QED) is 0.132. The highest BCUT2D eigenvalue weighted by atomic mass is 35.5. The predicted octanol–water partition coefficient (Wildman–Crippen LogP) is 8.71. The van der Waals surface area contributed by atoms with Gasteiger partial charge in [0.15, 0.2) is 0 Å². The zero-order valence-electron chi connectivity index (χ0n) is 25.3. The van der Waals surface area contributed by atoms with Crippen molar-refractivity contribution in [3.63, 3.8) is 0 Å². The van der Waals surface area contributed by atoms with E-state index >= 15 is 0 Å². The van der Waals surface area contributed by atoms with Crippen LogP contribution in [0.2, 0.25) is 5.02 Å². The largest absolute Gasteiger partial charge is 0.489 e. The molecule has 0 atom stereocenters. The number of nitrogens with zero attached hydrogens (tertiary/aromatic N) is 2. The molecule has 0 N–H and O–H groups in total. The van der Waals surface area contributed by atoms with Gasteiger partial charge in [-0.25, -0.2) is 9.59 Å². The van der Waals surface area contributed by atoms with Crippen molar-refractivity contribution < 1.29 is 23.8 Å². The van der Waals surface area contributed by atoms with Gasteiger partial charge in [0, 0.05) is 16.2 Å². The zero-order valence-corrected chi connectivity index (χ0v) is 26.1. The monoisotopic (exact) mass is 612 g/mol. The van der Waals surface area contributed by atoms with Crippen LogP contribution >= 0.6 is 11.6 Å². The minimum absolute atomic E-state index is 0.254. The van der Waals surface area contributed by atoms with E-state index < -0.39 is 5.97 Å². The Balaban J connectivity index is 1.40. The lowest BCUT2D eigenvalue weighted by molar-refractivity contribution is -0.138. The minimum atomic E-state index is -0.403. The van der Waals surface area contributed by atoms with Gasteiger partial charge in [-0.05, 0) is 104 Å². The number of aromatic nitrogens is 2. The van der Waals surface area contributed by atoms with Crippen LogP contribution in [0.25, 0.3) is 28.5 Å². The van der Waals surface area contributed by atoms with Crippen LogP contribution < -0.4 is 4.74 Å². The van der Waals surface area contributed by atoms with E-state index in [2.05, 4.69) is 4.68 Å². The molecule has 1 aliphatic rings. The Labute approximate surface area is 263 Å². The molecule has 1 fully saturated rings. The molecular formula is C36H37ClN2O5. The number of hydrogen-bond donors (Lipinski definition) is 0. The summed E-state index contributed by atoms with van der Waals surface area (Å²) in [6.07, 6.45) is 7.56. The number of ether oxygens (including phenoxy) is 3. The van der Waals surface area contributed by atoms with E-state index in [-0.39, 0.29) is 12.6 Å². The number of esters is 2. The van der Waals surface area contributed by atoms with Gasteiger partial charge in [0.25, 0.3) is 0 Å². The third kappa shape index (κ3) is 7.40. The number of methoxy groups -OCH3 is 1. The third-order valence-corrected chi connectivity index (χ3v) is 8.11. The van der Waals surface area contributed by atoms with Crippen LogP contribution in [0.15, 0.2) is 78.4 Å². The first-order chi connectivity index (χ1) is 21.4. The number of hydrogen-bond acceptors (Lipinski definition) is 6. The van der Waals surface area contributed by atoms with Gasteiger partial charge in [-0.15, -0.1) is 0 Å². The van der Waals surface area contributed by atoms with Crippen molar-refractivity contribution in [2.45, 2.75) is 58.6 Å². The molecule has 4 aromatic rings. The third-order valence-electron chi connectivity index (χ3n) is 7.86. The molecule has 0 spiro atoms. The summed E-state index contributed by atoms with van der Waals surface area (Å²) in [5.41, 5.74) is 6.49. The summed E-state index contributed by atoms with van der Waals surface area (Å²) in [6, 6.07) is 23.3. The lowest BCUT2D eigenvalue weighted by atomic mass is 9.95. The van der Waals surface area contributed by atoms with Gasteiger partial charge in [-0.1, -0.05) is 49.1 Å². The fourth-order valence-corrected chi connectivity index (χ4v) is 5.71. The van der Waals surface area contributed by atoms with E-state index in [0.717, 1.165) is 46.5 Å². The Hall–Kier alpha value is -4.36. The molecule has 7 nitrogen and oxygen atoms in total. The van der Waals surface area contributed by atoms with E-state index in [9.17, 15) is 9.59 Å². The number of carbonyl (C=O) groups excluding carboxylic acids is 2. The summed E-state index contributed by atoms with van der Waals surface area (Å²) in [5, 5.41) is 5.57. The van der Waals surface area contributed by atoms with Gasteiger partial charge in [0.1, 0.15) is 12.4 Å². The summed E-state index contributed by atoms with van der Waals surface area (Å²) < 4.78 is 18.4. The topological polar surface area (TPSA) is 79.6 Å². The second-order valence-electron chi connectivity index (χ2n) is 10.9. The zero-order chi connectivity index (χ0) is 31.1. The van der Waals surface area contributed by atoms with Crippen molar-refractivity contribution in [1.29, 1.82) is 0 Å². The van der Waals surface area contributed by atoms with E-state index in [0.29, 0.717) is 34.6 Å². The van der Waals surface area contributed by atoms with Gasteiger partial charge in [0.05, 0.1) is 36.7 Å². The van der Waals surface area contributed by atoms with E-state index in [1.54, 1.807) is 32.1 Å². The van der Waals surface area contributed by atoms with Gasteiger partial charge >= 0.3 is 11.9 Å². The van der Waals surface area contributed by atoms with Gasteiger partial charge in [-0.2, -0.15) is 5.10 Å². The molecule has 8 heteroatoms. The molecule has 0 saturated heterocycles. The molecule has 44 heavy (non-hydrogen) atoms. The maximum absolute atomic E-state index is 12.3. The summed E-state index contributed by atoms with van der Waals surface area (Å²) in [4.78, 5) is 24.5. The lowest BCUT2D eigenvalue weighted by Crippen LogP contribution is -2.15. The van der Waals surface area contributed by atoms with E-state index in [1.807, 2.05) is 60.7 Å². The van der Waals surface area contributed by atoms with Crippen molar-refractivity contribution in [2.75, 3.05) is 13.7 Å². The standard InChI is InChI=1S/C36H37ClN2O5/c1-4-43-35(40)24(2)20-30-22-34(39(38-30)31-8-6-5-7-9-31)26-12-17-32(18-13-26)44-23-28-21-27(36(41)42-3)14-19-33(28)25-10-15-29(37)16-11-25/h10-22,31H,4-9,23H2,1-3H3/b24-20+. The number of carbonyl (C=O) groups is 2. The van der Waals surface area contributed by atoms with Crippen LogP contribution in [0.1, 0.15) is 73.6 Å². The molecule has 5 rings (SSSR count). The SMILES string of the molecule is CCOC(=O)/C(C)=C/c1cc(-c2ccc(OCc3cc(C(=O)OC)ccc3-c3ccc(Cl)cc3)cc2)n(C2CCCCC2)n1. The van der Waals surface area contributed by atoms with E-state index in [1.165, 1.54) is 26.4 Å². The summed E-state index contributed by atoms with van der Waals surface area (Å²) in [6.45, 7) is 4.14.